The van der Waals surface area contributed by atoms with E-state index < -0.39 is 9.84 Å². The van der Waals surface area contributed by atoms with E-state index in [2.05, 4.69) is 31.0 Å². The lowest BCUT2D eigenvalue weighted by Gasteiger charge is -2.49. The number of hydrogen-bond acceptors (Lipinski definition) is 4. The van der Waals surface area contributed by atoms with Crippen molar-refractivity contribution in [2.24, 2.45) is 0 Å². The standard InChI is InChI=1S/C14H26N2O2S/c1-4-12-9-15-14(5-2,6-3)11-16(12)13-7-8-19(17,18)10-13/h7-8,12-13,15H,4-6,9-11H2,1-3H3. The summed E-state index contributed by atoms with van der Waals surface area (Å²) < 4.78 is 23.3. The third-order valence-electron chi connectivity index (χ3n) is 4.83. The first-order valence-corrected chi connectivity index (χ1v) is 9.08. The molecule has 2 aliphatic heterocycles. The molecule has 4 nitrogen and oxygen atoms in total. The van der Waals surface area contributed by atoms with Gasteiger partial charge < -0.3 is 5.32 Å². The van der Waals surface area contributed by atoms with Crippen molar-refractivity contribution in [3.63, 3.8) is 0 Å². The van der Waals surface area contributed by atoms with Gasteiger partial charge in [-0.3, -0.25) is 4.90 Å². The summed E-state index contributed by atoms with van der Waals surface area (Å²) in [6, 6.07) is 0.503. The monoisotopic (exact) mass is 286 g/mol. The lowest BCUT2D eigenvalue weighted by molar-refractivity contribution is 0.0562. The highest BCUT2D eigenvalue weighted by Crippen LogP contribution is 2.28. The van der Waals surface area contributed by atoms with Crippen LogP contribution in [0.15, 0.2) is 11.5 Å². The Kier molecular flexibility index (Phi) is 4.38. The summed E-state index contributed by atoms with van der Waals surface area (Å²) in [7, 11) is -2.97. The van der Waals surface area contributed by atoms with Gasteiger partial charge in [-0.15, -0.1) is 0 Å². The fourth-order valence-corrected chi connectivity index (χ4v) is 4.55. The highest BCUT2D eigenvalue weighted by atomic mass is 32.2. The molecule has 2 heterocycles. The Hall–Kier alpha value is -0.390. The van der Waals surface area contributed by atoms with Crippen molar-refractivity contribution in [1.82, 2.24) is 10.2 Å². The van der Waals surface area contributed by atoms with Crippen molar-refractivity contribution < 1.29 is 8.42 Å². The van der Waals surface area contributed by atoms with E-state index in [9.17, 15) is 8.42 Å². The van der Waals surface area contributed by atoms with Crippen molar-refractivity contribution in [3.8, 4) is 0 Å². The molecule has 1 fully saturated rings. The summed E-state index contributed by atoms with van der Waals surface area (Å²) >= 11 is 0. The summed E-state index contributed by atoms with van der Waals surface area (Å²) in [5, 5.41) is 5.09. The molecule has 19 heavy (non-hydrogen) atoms. The number of sulfone groups is 1. The summed E-state index contributed by atoms with van der Waals surface area (Å²) in [6.45, 7) is 8.51. The van der Waals surface area contributed by atoms with Crippen LogP contribution >= 0.6 is 0 Å². The Morgan fingerprint density at radius 3 is 2.47 bits per heavy atom. The third kappa shape index (κ3) is 3.03. The zero-order valence-corrected chi connectivity index (χ0v) is 13.0. The van der Waals surface area contributed by atoms with Crippen LogP contribution in [0.4, 0.5) is 0 Å². The van der Waals surface area contributed by atoms with E-state index >= 15 is 0 Å². The molecular formula is C14H26N2O2S. The van der Waals surface area contributed by atoms with Gasteiger partial charge >= 0.3 is 0 Å². The van der Waals surface area contributed by atoms with Crippen LogP contribution in [-0.2, 0) is 9.84 Å². The van der Waals surface area contributed by atoms with Gasteiger partial charge in [0.15, 0.2) is 9.84 Å². The fourth-order valence-electron chi connectivity index (χ4n) is 3.24. The molecule has 5 heteroatoms. The maximum atomic E-state index is 11.6. The maximum absolute atomic E-state index is 11.6. The Balaban J connectivity index is 2.17. The molecule has 0 aromatic heterocycles. The Bertz CT molecular complexity index is 440. The van der Waals surface area contributed by atoms with Crippen molar-refractivity contribution in [2.75, 3.05) is 18.8 Å². The van der Waals surface area contributed by atoms with Crippen molar-refractivity contribution in [3.05, 3.63) is 11.5 Å². The molecule has 0 radical (unpaired) electrons. The van der Waals surface area contributed by atoms with Crippen LogP contribution in [0.1, 0.15) is 40.0 Å². The van der Waals surface area contributed by atoms with Crippen molar-refractivity contribution >= 4 is 9.84 Å². The van der Waals surface area contributed by atoms with Gasteiger partial charge in [-0.25, -0.2) is 8.42 Å². The summed E-state index contributed by atoms with van der Waals surface area (Å²) in [5.74, 6) is 0.257. The van der Waals surface area contributed by atoms with Gasteiger partial charge in [0.1, 0.15) is 0 Å². The Labute approximate surface area is 117 Å². The second-order valence-electron chi connectivity index (χ2n) is 5.83. The molecule has 0 aromatic carbocycles. The molecule has 0 aromatic rings. The van der Waals surface area contributed by atoms with Gasteiger partial charge in [-0.1, -0.05) is 26.8 Å². The SMILES string of the molecule is CCC1CNC(CC)(CC)CN1C1C=CS(=O)(=O)C1. The third-order valence-corrected chi connectivity index (χ3v) is 6.21. The van der Waals surface area contributed by atoms with Gasteiger partial charge in [-0.2, -0.15) is 0 Å². The first-order valence-electron chi connectivity index (χ1n) is 7.37. The molecule has 0 bridgehead atoms. The topological polar surface area (TPSA) is 49.4 Å². The molecule has 0 aliphatic carbocycles. The minimum atomic E-state index is -2.97. The molecular weight excluding hydrogens is 260 g/mol. The summed E-state index contributed by atoms with van der Waals surface area (Å²) in [5.41, 5.74) is 0.145. The van der Waals surface area contributed by atoms with Gasteiger partial charge in [0.05, 0.1) is 5.75 Å². The fraction of sp³-hybridized carbons (Fsp3) is 0.857. The van der Waals surface area contributed by atoms with E-state index in [0.717, 1.165) is 32.4 Å². The van der Waals surface area contributed by atoms with Crippen LogP contribution in [0.5, 0.6) is 0 Å². The van der Waals surface area contributed by atoms with E-state index in [1.807, 2.05) is 6.08 Å². The van der Waals surface area contributed by atoms with Crippen LogP contribution in [-0.4, -0.2) is 49.8 Å². The molecule has 1 N–H and O–H groups in total. The molecule has 2 rings (SSSR count). The summed E-state index contributed by atoms with van der Waals surface area (Å²) in [4.78, 5) is 2.41. The number of hydrogen-bond donors (Lipinski definition) is 1. The molecule has 2 atom stereocenters. The van der Waals surface area contributed by atoms with Crippen LogP contribution < -0.4 is 5.32 Å². The minimum Gasteiger partial charge on any atom is -0.308 e. The molecule has 0 spiro atoms. The van der Waals surface area contributed by atoms with Gasteiger partial charge in [0.25, 0.3) is 0 Å². The Morgan fingerprint density at radius 1 is 1.32 bits per heavy atom. The van der Waals surface area contributed by atoms with Gasteiger partial charge in [-0.05, 0) is 19.3 Å². The lowest BCUT2D eigenvalue weighted by Crippen LogP contribution is -2.65. The molecule has 110 valence electrons. The number of piperazine rings is 1. The lowest BCUT2D eigenvalue weighted by atomic mass is 9.87. The van der Waals surface area contributed by atoms with Crippen molar-refractivity contribution in [2.45, 2.75) is 57.7 Å². The average molecular weight is 286 g/mol. The molecule has 0 amide bonds. The smallest absolute Gasteiger partial charge is 0.173 e. The number of rotatable bonds is 4. The van der Waals surface area contributed by atoms with Crippen LogP contribution in [0.2, 0.25) is 0 Å². The second kappa shape index (κ2) is 5.54. The predicted octanol–water partition coefficient (Wildman–Crippen LogP) is 1.54. The second-order valence-corrected chi connectivity index (χ2v) is 7.76. The zero-order chi connectivity index (χ0) is 14.1. The predicted molar refractivity (Wildman–Crippen MR) is 78.8 cm³/mol. The number of nitrogens with zero attached hydrogens (tertiary/aromatic N) is 1. The molecule has 2 aliphatic rings. The first-order chi connectivity index (χ1) is 8.95. The molecule has 1 saturated heterocycles. The van der Waals surface area contributed by atoms with Crippen LogP contribution in [0, 0.1) is 0 Å². The van der Waals surface area contributed by atoms with E-state index in [-0.39, 0.29) is 17.3 Å². The Morgan fingerprint density at radius 2 is 2.00 bits per heavy atom. The minimum absolute atomic E-state index is 0.0644. The highest BCUT2D eigenvalue weighted by Gasteiger charge is 2.40. The van der Waals surface area contributed by atoms with Crippen LogP contribution in [0.3, 0.4) is 0 Å². The largest absolute Gasteiger partial charge is 0.308 e. The van der Waals surface area contributed by atoms with Crippen molar-refractivity contribution in [1.29, 1.82) is 0 Å². The highest BCUT2D eigenvalue weighted by molar-refractivity contribution is 7.94. The maximum Gasteiger partial charge on any atom is 0.173 e. The van der Waals surface area contributed by atoms with E-state index in [4.69, 9.17) is 0 Å². The first kappa shape index (κ1) is 15.0. The quantitative estimate of drug-likeness (QED) is 0.852. The average Bonchev–Trinajstić information content (AvgIpc) is 2.78. The molecule has 0 saturated carbocycles. The molecule has 2 unspecified atom stereocenters. The van der Waals surface area contributed by atoms with E-state index in [0.29, 0.717) is 6.04 Å². The van der Waals surface area contributed by atoms with Gasteiger partial charge in [0, 0.05) is 36.1 Å². The van der Waals surface area contributed by atoms with E-state index in [1.54, 1.807) is 0 Å². The normalized spacial score (nSPS) is 33.6. The zero-order valence-electron chi connectivity index (χ0n) is 12.2. The van der Waals surface area contributed by atoms with Crippen LogP contribution in [0.25, 0.3) is 0 Å². The summed E-state index contributed by atoms with van der Waals surface area (Å²) in [6.07, 6.45) is 5.10. The number of nitrogens with one attached hydrogen (secondary N) is 1. The van der Waals surface area contributed by atoms with E-state index in [1.165, 1.54) is 5.41 Å². The van der Waals surface area contributed by atoms with Gasteiger partial charge in [0.2, 0.25) is 0 Å².